The molecule has 60 heavy (non-hydrogen) atoms. The summed E-state index contributed by atoms with van der Waals surface area (Å²) < 4.78 is 11.5. The number of rotatable bonds is 18. The van der Waals surface area contributed by atoms with E-state index in [0.717, 1.165) is 40.9 Å². The Morgan fingerprint density at radius 1 is 0.933 bits per heavy atom. The average molecular weight is 817 g/mol. The highest BCUT2D eigenvalue weighted by Gasteiger charge is 2.24. The van der Waals surface area contributed by atoms with E-state index < -0.39 is 12.2 Å². The fraction of sp³-hybridized carbons (Fsp3) is 0.375. The van der Waals surface area contributed by atoms with Crippen molar-refractivity contribution < 1.29 is 34.1 Å². The van der Waals surface area contributed by atoms with Crippen LogP contribution in [0.5, 0.6) is 11.5 Å². The molecule has 0 aliphatic carbocycles. The number of methoxy groups -OCH3 is 1. The van der Waals surface area contributed by atoms with E-state index in [-0.39, 0.29) is 35.5 Å². The summed E-state index contributed by atoms with van der Waals surface area (Å²) in [6.45, 7) is 4.58. The van der Waals surface area contributed by atoms with Gasteiger partial charge in [-0.2, -0.15) is 0 Å². The standard InChI is InChI=1S/C48H56N4O8/c1-32-29-34(13-9-17-42(54)39-18-20-43(55)47-40(39)19-21-45(56)50-47)44(59-3)31-35(32)30-36(53)14-10-25-51(2)46(57)24-28-52-26-22-37(23-27-52)60-48(58)49-41-16-8-7-15-38(41)33-11-5-4-6-12-33/h4-8,11-12,15-16,18-21,29,31,37,42,54-55H,9-10,13-14,17,22-28,30H2,1-3H3,(H,49,58)(H,50,56)/t42-/m0/s1. The molecule has 0 radical (unpaired) electrons. The van der Waals surface area contributed by atoms with E-state index in [1.54, 1.807) is 31.2 Å². The van der Waals surface area contributed by atoms with Crippen molar-refractivity contribution in [3.05, 3.63) is 124 Å². The molecule has 1 fully saturated rings. The second-order valence-electron chi connectivity index (χ2n) is 15.7. The number of ether oxygens (including phenoxy) is 2. The topological polar surface area (TPSA) is 162 Å². The third-order valence-corrected chi connectivity index (χ3v) is 11.4. The third-order valence-electron chi connectivity index (χ3n) is 11.4. The molecule has 6 rings (SSSR count). The van der Waals surface area contributed by atoms with Crippen LogP contribution in [0.2, 0.25) is 0 Å². The first-order chi connectivity index (χ1) is 29.0. The molecule has 12 nitrogen and oxygen atoms in total. The quantitative estimate of drug-likeness (QED) is 0.0694. The first-order valence-electron chi connectivity index (χ1n) is 20.8. The number of nitrogens with one attached hydrogen (secondary N) is 2. The number of phenolic OH excluding ortho intramolecular Hbond substituents is 1. The van der Waals surface area contributed by atoms with Crippen LogP contribution in [0, 0.1) is 6.92 Å². The van der Waals surface area contributed by atoms with Crippen molar-refractivity contribution in [2.75, 3.05) is 45.7 Å². The number of phenols is 1. The van der Waals surface area contributed by atoms with Crippen molar-refractivity contribution in [2.45, 2.75) is 76.9 Å². The van der Waals surface area contributed by atoms with Gasteiger partial charge in [0.1, 0.15) is 23.4 Å². The summed E-state index contributed by atoms with van der Waals surface area (Å²) in [6.07, 6.45) is 3.31. The molecule has 2 amide bonds. The van der Waals surface area contributed by atoms with Gasteiger partial charge in [0.25, 0.3) is 0 Å². The number of piperidine rings is 1. The number of hydrogen-bond acceptors (Lipinski definition) is 9. The number of H-pyrrole nitrogens is 1. The second-order valence-corrected chi connectivity index (χ2v) is 15.7. The molecule has 4 N–H and O–H groups in total. The number of Topliss-reactive ketones (excluding diaryl/α,β-unsaturated/α-hetero) is 1. The van der Waals surface area contributed by atoms with Gasteiger partial charge >= 0.3 is 6.09 Å². The smallest absolute Gasteiger partial charge is 0.411 e. The van der Waals surface area contributed by atoms with Crippen LogP contribution in [0.4, 0.5) is 10.5 Å². The van der Waals surface area contributed by atoms with E-state index in [0.29, 0.717) is 92.4 Å². The maximum absolute atomic E-state index is 13.1. The zero-order valence-electron chi connectivity index (χ0n) is 34.7. The van der Waals surface area contributed by atoms with Gasteiger partial charge in [-0.05, 0) is 97.5 Å². The van der Waals surface area contributed by atoms with Gasteiger partial charge in [-0.15, -0.1) is 0 Å². The maximum Gasteiger partial charge on any atom is 0.411 e. The molecule has 0 bridgehead atoms. The predicted octanol–water partition coefficient (Wildman–Crippen LogP) is 7.73. The summed E-state index contributed by atoms with van der Waals surface area (Å²) in [5.74, 6) is 0.778. The lowest BCUT2D eigenvalue weighted by molar-refractivity contribution is -0.130. The molecule has 1 aliphatic heterocycles. The number of hydrogen-bond donors (Lipinski definition) is 4. The maximum atomic E-state index is 13.1. The number of aliphatic hydroxyl groups is 1. The highest BCUT2D eigenvalue weighted by molar-refractivity contribution is 5.91. The molecule has 12 heteroatoms. The zero-order chi connectivity index (χ0) is 42.6. The number of aryl methyl sites for hydroxylation is 2. The monoisotopic (exact) mass is 816 g/mol. The Balaban J connectivity index is 0.877. The number of anilines is 1. The minimum Gasteiger partial charge on any atom is -0.506 e. The number of pyridine rings is 1. The van der Waals surface area contributed by atoms with Crippen LogP contribution in [0.25, 0.3) is 22.0 Å². The number of likely N-dealkylation sites (tertiary alicyclic amines) is 1. The van der Waals surface area contributed by atoms with E-state index in [1.807, 2.05) is 73.7 Å². The second kappa shape index (κ2) is 20.8. The van der Waals surface area contributed by atoms with Gasteiger partial charge in [0.15, 0.2) is 0 Å². The van der Waals surface area contributed by atoms with Crippen LogP contribution in [-0.2, 0) is 27.2 Å². The lowest BCUT2D eigenvalue weighted by atomic mass is 9.94. The normalized spacial score (nSPS) is 13.8. The van der Waals surface area contributed by atoms with E-state index >= 15 is 0 Å². The van der Waals surface area contributed by atoms with Crippen LogP contribution in [0.15, 0.2) is 95.8 Å². The molecule has 316 valence electrons. The number of carbonyl (C=O) groups is 3. The number of aliphatic hydroxyl groups excluding tert-OH is 1. The van der Waals surface area contributed by atoms with Crippen molar-refractivity contribution in [3.8, 4) is 22.6 Å². The molecule has 0 spiro atoms. The number of aromatic nitrogens is 1. The highest BCUT2D eigenvalue weighted by Crippen LogP contribution is 2.33. The molecule has 5 aromatic rings. The van der Waals surface area contributed by atoms with E-state index in [2.05, 4.69) is 15.2 Å². The number of benzene rings is 4. The molecular weight excluding hydrogens is 761 g/mol. The van der Waals surface area contributed by atoms with Crippen LogP contribution >= 0.6 is 0 Å². The molecular formula is C48H56N4O8. The highest BCUT2D eigenvalue weighted by atomic mass is 16.6. The van der Waals surface area contributed by atoms with Crippen molar-refractivity contribution >= 4 is 34.4 Å². The zero-order valence-corrected chi connectivity index (χ0v) is 34.7. The predicted molar refractivity (Wildman–Crippen MR) is 234 cm³/mol. The van der Waals surface area contributed by atoms with Crippen molar-refractivity contribution in [3.63, 3.8) is 0 Å². The van der Waals surface area contributed by atoms with Crippen molar-refractivity contribution in [2.24, 2.45) is 0 Å². The van der Waals surface area contributed by atoms with Crippen LogP contribution in [0.3, 0.4) is 0 Å². The Morgan fingerprint density at radius 3 is 2.45 bits per heavy atom. The summed E-state index contributed by atoms with van der Waals surface area (Å²) in [5.41, 5.74) is 6.13. The number of para-hydroxylation sites is 1. The minimum atomic E-state index is -0.792. The van der Waals surface area contributed by atoms with Crippen LogP contribution < -0.4 is 15.6 Å². The summed E-state index contributed by atoms with van der Waals surface area (Å²) in [4.78, 5) is 57.1. The summed E-state index contributed by atoms with van der Waals surface area (Å²) in [5, 5.41) is 24.7. The number of nitrogens with zero attached hydrogens (tertiary/aromatic N) is 2. The Morgan fingerprint density at radius 2 is 1.68 bits per heavy atom. The van der Waals surface area contributed by atoms with E-state index in [9.17, 15) is 29.4 Å². The van der Waals surface area contributed by atoms with Gasteiger partial charge in [0.2, 0.25) is 11.5 Å². The number of aromatic hydroxyl groups is 1. The Labute approximate surface area is 351 Å². The first-order valence-corrected chi connectivity index (χ1v) is 20.8. The summed E-state index contributed by atoms with van der Waals surface area (Å²) in [6, 6.07) is 27.7. The average Bonchev–Trinajstić information content (AvgIpc) is 3.24. The Hall–Kier alpha value is -5.98. The molecule has 2 heterocycles. The number of carbonyl (C=O) groups excluding carboxylic acids is 3. The number of aromatic amines is 1. The van der Waals surface area contributed by atoms with Crippen LogP contribution in [0.1, 0.15) is 73.3 Å². The molecule has 1 atom stereocenters. The fourth-order valence-electron chi connectivity index (χ4n) is 7.94. The molecule has 1 aromatic heterocycles. The molecule has 1 saturated heterocycles. The van der Waals surface area contributed by atoms with Gasteiger partial charge in [0, 0.05) is 69.5 Å². The van der Waals surface area contributed by atoms with Crippen LogP contribution in [-0.4, -0.2) is 89.2 Å². The van der Waals surface area contributed by atoms with Gasteiger partial charge < -0.3 is 34.5 Å². The van der Waals surface area contributed by atoms with Gasteiger partial charge in [-0.3, -0.25) is 19.7 Å². The number of amides is 2. The Kier molecular flexibility index (Phi) is 15.1. The van der Waals surface area contributed by atoms with Gasteiger partial charge in [-0.25, -0.2) is 4.79 Å². The molecule has 0 saturated carbocycles. The SMILES string of the molecule is COc1cc(CC(=O)CCCN(C)C(=O)CCN2CCC(OC(=O)Nc3ccccc3-c3ccccc3)CC2)c(C)cc1CCC[C@H](O)c1ccc(O)c2[nH]c(=O)ccc12. The van der Waals surface area contributed by atoms with Gasteiger partial charge in [-0.1, -0.05) is 60.7 Å². The largest absolute Gasteiger partial charge is 0.506 e. The van der Waals surface area contributed by atoms with E-state index in [4.69, 9.17) is 9.47 Å². The fourth-order valence-corrected chi connectivity index (χ4v) is 7.94. The number of fused-ring (bicyclic) bond motifs is 1. The molecule has 4 aromatic carbocycles. The third kappa shape index (κ3) is 11.6. The van der Waals surface area contributed by atoms with Crippen molar-refractivity contribution in [1.29, 1.82) is 0 Å². The van der Waals surface area contributed by atoms with E-state index in [1.165, 1.54) is 12.1 Å². The summed E-state index contributed by atoms with van der Waals surface area (Å²) >= 11 is 0. The lowest BCUT2D eigenvalue weighted by Gasteiger charge is -2.31. The minimum absolute atomic E-state index is 0.0359. The summed E-state index contributed by atoms with van der Waals surface area (Å²) in [7, 11) is 3.39. The lowest BCUT2D eigenvalue weighted by Crippen LogP contribution is -2.40. The van der Waals surface area contributed by atoms with Gasteiger partial charge in [0.05, 0.1) is 24.4 Å². The van der Waals surface area contributed by atoms with Crippen molar-refractivity contribution in [1.82, 2.24) is 14.8 Å². The Bertz CT molecular complexity index is 2320. The first kappa shape index (κ1) is 43.6. The molecule has 1 aliphatic rings. The molecule has 0 unspecified atom stereocenters. The number of ketones is 1.